The van der Waals surface area contributed by atoms with E-state index in [1.807, 2.05) is 41.7 Å². The van der Waals surface area contributed by atoms with E-state index in [1.54, 1.807) is 4.90 Å². The number of hydrogen-bond donors (Lipinski definition) is 1. The Morgan fingerprint density at radius 2 is 2.00 bits per heavy atom. The fourth-order valence-corrected chi connectivity index (χ4v) is 1.84. The molecule has 0 saturated heterocycles. The van der Waals surface area contributed by atoms with Crippen molar-refractivity contribution in [2.45, 2.75) is 65.1 Å². The molecule has 0 aromatic rings. The third-order valence-corrected chi connectivity index (χ3v) is 2.87. The average molecular weight is 272 g/mol. The van der Waals surface area contributed by atoms with E-state index >= 15 is 0 Å². The minimum atomic E-state index is -0.534. The van der Waals surface area contributed by atoms with Crippen molar-refractivity contribution < 1.29 is 14.3 Å². The van der Waals surface area contributed by atoms with Gasteiger partial charge in [-0.15, -0.1) is 0 Å². The van der Waals surface area contributed by atoms with Gasteiger partial charge in [0.25, 0.3) is 0 Å². The standard InChI is InChI=1S/C14H28N2O3/c1-7-11(2)16(12(8-9-17)10-15-6)13(18)19-14(3,4)5/h9,11-12,15H,7-8,10H2,1-6H3. The zero-order chi connectivity index (χ0) is 15.1. The molecule has 0 radical (unpaired) electrons. The Kier molecular flexibility index (Phi) is 7.68. The first-order valence-electron chi connectivity index (χ1n) is 6.86. The highest BCUT2D eigenvalue weighted by atomic mass is 16.6. The van der Waals surface area contributed by atoms with E-state index in [0.29, 0.717) is 13.0 Å². The predicted octanol–water partition coefficient (Wildman–Crippen LogP) is 2.20. The van der Waals surface area contributed by atoms with E-state index in [1.165, 1.54) is 0 Å². The van der Waals surface area contributed by atoms with Crippen molar-refractivity contribution in [1.82, 2.24) is 10.2 Å². The van der Waals surface area contributed by atoms with E-state index in [-0.39, 0.29) is 18.2 Å². The second-order valence-corrected chi connectivity index (χ2v) is 5.76. The molecular weight excluding hydrogens is 244 g/mol. The molecule has 0 heterocycles. The Morgan fingerprint density at radius 1 is 1.42 bits per heavy atom. The van der Waals surface area contributed by atoms with Crippen LogP contribution in [0.4, 0.5) is 4.79 Å². The fraction of sp³-hybridized carbons (Fsp3) is 0.857. The first kappa shape index (κ1) is 17.9. The number of nitrogens with one attached hydrogen (secondary N) is 1. The minimum Gasteiger partial charge on any atom is -0.444 e. The van der Waals surface area contributed by atoms with Crippen LogP contribution < -0.4 is 5.32 Å². The van der Waals surface area contributed by atoms with Crippen LogP contribution in [0.25, 0.3) is 0 Å². The molecule has 0 aromatic carbocycles. The van der Waals surface area contributed by atoms with Crippen LogP contribution in [-0.2, 0) is 9.53 Å². The molecule has 1 amide bonds. The van der Waals surface area contributed by atoms with Gasteiger partial charge in [-0.2, -0.15) is 0 Å². The summed E-state index contributed by atoms with van der Waals surface area (Å²) in [5.41, 5.74) is -0.534. The number of rotatable bonds is 7. The Morgan fingerprint density at radius 3 is 2.37 bits per heavy atom. The normalized spacial score (nSPS) is 14.6. The van der Waals surface area contributed by atoms with E-state index in [4.69, 9.17) is 4.74 Å². The van der Waals surface area contributed by atoms with Gasteiger partial charge in [-0.1, -0.05) is 6.92 Å². The third kappa shape index (κ3) is 6.57. The van der Waals surface area contributed by atoms with Crippen LogP contribution in [0.15, 0.2) is 0 Å². The number of carbonyl (C=O) groups is 2. The summed E-state index contributed by atoms with van der Waals surface area (Å²) >= 11 is 0. The summed E-state index contributed by atoms with van der Waals surface area (Å²) in [6.45, 7) is 10.1. The molecule has 1 N–H and O–H groups in total. The Labute approximate surface area is 116 Å². The number of ether oxygens (including phenoxy) is 1. The quantitative estimate of drug-likeness (QED) is 0.722. The van der Waals surface area contributed by atoms with Crippen LogP contribution in [0.5, 0.6) is 0 Å². The summed E-state index contributed by atoms with van der Waals surface area (Å²) in [7, 11) is 1.81. The van der Waals surface area contributed by atoms with Gasteiger partial charge in [0.1, 0.15) is 11.9 Å². The smallest absolute Gasteiger partial charge is 0.410 e. The number of carbonyl (C=O) groups excluding carboxylic acids is 2. The van der Waals surface area contributed by atoms with Crippen molar-refractivity contribution in [2.75, 3.05) is 13.6 Å². The van der Waals surface area contributed by atoms with Gasteiger partial charge in [-0.05, 0) is 41.2 Å². The molecule has 0 saturated carbocycles. The number of hydrogen-bond acceptors (Lipinski definition) is 4. The molecule has 0 fully saturated rings. The average Bonchev–Trinajstić information content (AvgIpc) is 2.27. The van der Waals surface area contributed by atoms with Gasteiger partial charge in [0.05, 0.1) is 6.04 Å². The molecule has 0 aliphatic carbocycles. The summed E-state index contributed by atoms with van der Waals surface area (Å²) in [6, 6.07) is -0.138. The molecule has 5 heteroatoms. The van der Waals surface area contributed by atoms with Gasteiger partial charge >= 0.3 is 6.09 Å². The molecule has 0 aliphatic rings. The second kappa shape index (κ2) is 8.15. The summed E-state index contributed by atoms with van der Waals surface area (Å²) in [6.07, 6.45) is 1.62. The lowest BCUT2D eigenvalue weighted by Gasteiger charge is -2.36. The Hall–Kier alpha value is -1.10. The lowest BCUT2D eigenvalue weighted by atomic mass is 10.1. The van der Waals surface area contributed by atoms with Crippen LogP contribution in [0.3, 0.4) is 0 Å². The molecule has 0 aromatic heterocycles. The van der Waals surface area contributed by atoms with Gasteiger partial charge in [0, 0.05) is 19.0 Å². The van der Waals surface area contributed by atoms with Crippen molar-refractivity contribution in [3.63, 3.8) is 0 Å². The van der Waals surface area contributed by atoms with Gasteiger partial charge < -0.3 is 19.7 Å². The highest BCUT2D eigenvalue weighted by molar-refractivity contribution is 5.69. The van der Waals surface area contributed by atoms with Crippen LogP contribution in [0.1, 0.15) is 47.5 Å². The monoisotopic (exact) mass is 272 g/mol. The number of nitrogens with zero attached hydrogens (tertiary/aromatic N) is 1. The fourth-order valence-electron chi connectivity index (χ4n) is 1.84. The molecular formula is C14H28N2O3. The number of aldehydes is 1. The number of amides is 1. The summed E-state index contributed by atoms with van der Waals surface area (Å²) in [5.74, 6) is 0. The summed E-state index contributed by atoms with van der Waals surface area (Å²) in [4.78, 5) is 24.8. The third-order valence-electron chi connectivity index (χ3n) is 2.87. The van der Waals surface area contributed by atoms with E-state index in [2.05, 4.69) is 5.32 Å². The Balaban J connectivity index is 5.05. The van der Waals surface area contributed by atoms with Crippen molar-refractivity contribution in [2.24, 2.45) is 0 Å². The maximum absolute atomic E-state index is 12.3. The van der Waals surface area contributed by atoms with Gasteiger partial charge in [0.15, 0.2) is 0 Å². The molecule has 0 aliphatic heterocycles. The van der Waals surface area contributed by atoms with Gasteiger partial charge in [-0.3, -0.25) is 0 Å². The maximum atomic E-state index is 12.3. The first-order valence-corrected chi connectivity index (χ1v) is 6.86. The summed E-state index contributed by atoms with van der Waals surface area (Å²) < 4.78 is 5.44. The lowest BCUT2D eigenvalue weighted by Crippen LogP contribution is -2.51. The molecule has 19 heavy (non-hydrogen) atoms. The molecule has 2 atom stereocenters. The molecule has 112 valence electrons. The SMILES string of the molecule is CCC(C)N(C(=O)OC(C)(C)C)C(CC=O)CNC. The predicted molar refractivity (Wildman–Crippen MR) is 76.2 cm³/mol. The lowest BCUT2D eigenvalue weighted by molar-refractivity contribution is -0.109. The largest absolute Gasteiger partial charge is 0.444 e. The van der Waals surface area contributed by atoms with E-state index in [9.17, 15) is 9.59 Å². The van der Waals surface area contributed by atoms with Gasteiger partial charge in [0.2, 0.25) is 0 Å². The van der Waals surface area contributed by atoms with Crippen LogP contribution in [-0.4, -0.2) is 48.6 Å². The van der Waals surface area contributed by atoms with E-state index in [0.717, 1.165) is 12.7 Å². The van der Waals surface area contributed by atoms with Crippen LogP contribution in [0, 0.1) is 0 Å². The molecule has 2 unspecified atom stereocenters. The summed E-state index contributed by atoms with van der Waals surface area (Å²) in [5, 5.41) is 3.02. The Bertz CT molecular complexity index is 287. The van der Waals surface area contributed by atoms with Crippen molar-refractivity contribution >= 4 is 12.4 Å². The van der Waals surface area contributed by atoms with Crippen molar-refractivity contribution in [3.8, 4) is 0 Å². The van der Waals surface area contributed by atoms with Crippen LogP contribution in [0.2, 0.25) is 0 Å². The van der Waals surface area contributed by atoms with E-state index < -0.39 is 5.60 Å². The highest BCUT2D eigenvalue weighted by Gasteiger charge is 2.30. The molecule has 0 bridgehead atoms. The minimum absolute atomic E-state index is 0.0353. The molecule has 0 rings (SSSR count). The molecule has 0 spiro atoms. The van der Waals surface area contributed by atoms with Crippen molar-refractivity contribution in [3.05, 3.63) is 0 Å². The molecule has 5 nitrogen and oxygen atoms in total. The van der Waals surface area contributed by atoms with Crippen LogP contribution >= 0.6 is 0 Å². The second-order valence-electron chi connectivity index (χ2n) is 5.76. The zero-order valence-electron chi connectivity index (χ0n) is 13.0. The zero-order valence-corrected chi connectivity index (χ0v) is 13.0. The highest BCUT2D eigenvalue weighted by Crippen LogP contribution is 2.17. The topological polar surface area (TPSA) is 58.6 Å². The van der Waals surface area contributed by atoms with Gasteiger partial charge in [-0.25, -0.2) is 4.79 Å². The first-order chi connectivity index (χ1) is 8.76. The maximum Gasteiger partial charge on any atom is 0.410 e. The van der Waals surface area contributed by atoms with Crippen molar-refractivity contribution in [1.29, 1.82) is 0 Å². The number of likely N-dealkylation sites (N-methyl/N-ethyl adjacent to an activating group) is 1.